The van der Waals surface area contributed by atoms with Gasteiger partial charge in [0.1, 0.15) is 12.3 Å². The van der Waals surface area contributed by atoms with Crippen LogP contribution in [0, 0.1) is 6.92 Å². The molecule has 2 aromatic heterocycles. The third-order valence-corrected chi connectivity index (χ3v) is 2.88. The molecule has 2 heterocycles. The Morgan fingerprint density at radius 3 is 2.74 bits per heavy atom. The first-order valence-electron chi connectivity index (χ1n) is 6.36. The van der Waals surface area contributed by atoms with Crippen molar-refractivity contribution in [3.8, 4) is 0 Å². The number of esters is 1. The van der Waals surface area contributed by atoms with Gasteiger partial charge < -0.3 is 24.3 Å². The maximum atomic E-state index is 11.6. The van der Waals surface area contributed by atoms with Crippen LogP contribution in [0.5, 0.6) is 0 Å². The van der Waals surface area contributed by atoms with Crippen molar-refractivity contribution in [1.82, 2.24) is 10.5 Å². The van der Waals surface area contributed by atoms with Crippen LogP contribution in [0.25, 0.3) is 0 Å². The van der Waals surface area contributed by atoms with Gasteiger partial charge in [0, 0.05) is 6.07 Å². The van der Waals surface area contributed by atoms with E-state index in [0.29, 0.717) is 10.4 Å². The quantitative estimate of drug-likeness (QED) is 0.716. The molecule has 0 atom stereocenters. The summed E-state index contributed by atoms with van der Waals surface area (Å²) in [6.07, 6.45) is 0. The molecule has 0 spiro atoms. The molecule has 2 aromatic rings. The summed E-state index contributed by atoms with van der Waals surface area (Å²) in [5.74, 6) is -1.12. The van der Waals surface area contributed by atoms with Gasteiger partial charge in [-0.05, 0) is 35.0 Å². The SMILES string of the molecule is Cc1cc(NC(=O)COC(=O)CNC(=O)c2ccc(Br)o2)no1. The van der Waals surface area contributed by atoms with Gasteiger partial charge in [-0.1, -0.05) is 5.16 Å². The van der Waals surface area contributed by atoms with Crippen LogP contribution in [-0.4, -0.2) is 36.1 Å². The number of amides is 2. The lowest BCUT2D eigenvalue weighted by atomic mass is 10.4. The van der Waals surface area contributed by atoms with Crippen molar-refractivity contribution in [2.75, 3.05) is 18.5 Å². The maximum Gasteiger partial charge on any atom is 0.325 e. The van der Waals surface area contributed by atoms with E-state index in [9.17, 15) is 14.4 Å². The van der Waals surface area contributed by atoms with Gasteiger partial charge >= 0.3 is 5.97 Å². The minimum atomic E-state index is -0.768. The Hall–Kier alpha value is -2.62. The van der Waals surface area contributed by atoms with Gasteiger partial charge in [0.2, 0.25) is 0 Å². The van der Waals surface area contributed by atoms with Gasteiger partial charge in [-0.2, -0.15) is 0 Å². The number of furan rings is 1. The van der Waals surface area contributed by atoms with E-state index >= 15 is 0 Å². The number of nitrogens with zero attached hydrogens (tertiary/aromatic N) is 1. The Balaban J connectivity index is 1.68. The summed E-state index contributed by atoms with van der Waals surface area (Å²) in [6.45, 7) is 0.767. The fraction of sp³-hybridized carbons (Fsp3) is 0.231. The summed E-state index contributed by atoms with van der Waals surface area (Å²) in [6, 6.07) is 4.50. The largest absolute Gasteiger partial charge is 0.454 e. The average Bonchev–Trinajstić information content (AvgIpc) is 3.11. The Bertz CT molecular complexity index is 723. The van der Waals surface area contributed by atoms with Crippen LogP contribution in [0.15, 0.2) is 31.8 Å². The highest BCUT2D eigenvalue weighted by molar-refractivity contribution is 9.10. The van der Waals surface area contributed by atoms with Crippen LogP contribution in [-0.2, 0) is 14.3 Å². The predicted octanol–water partition coefficient (Wildman–Crippen LogP) is 1.25. The Morgan fingerprint density at radius 1 is 1.35 bits per heavy atom. The number of carbonyl (C=O) groups is 3. The van der Waals surface area contributed by atoms with Crippen LogP contribution in [0.4, 0.5) is 5.82 Å². The van der Waals surface area contributed by atoms with Crippen LogP contribution in [0.2, 0.25) is 0 Å². The average molecular weight is 386 g/mol. The van der Waals surface area contributed by atoms with Crippen molar-refractivity contribution in [3.63, 3.8) is 0 Å². The zero-order chi connectivity index (χ0) is 16.8. The monoisotopic (exact) mass is 385 g/mol. The molecule has 23 heavy (non-hydrogen) atoms. The predicted molar refractivity (Wildman–Crippen MR) is 79.6 cm³/mol. The third kappa shape index (κ3) is 5.25. The summed E-state index contributed by atoms with van der Waals surface area (Å²) in [7, 11) is 0. The third-order valence-electron chi connectivity index (χ3n) is 2.45. The van der Waals surface area contributed by atoms with Crippen molar-refractivity contribution in [3.05, 3.63) is 34.4 Å². The van der Waals surface area contributed by atoms with E-state index in [1.54, 1.807) is 13.0 Å². The van der Waals surface area contributed by atoms with Crippen LogP contribution in [0.3, 0.4) is 0 Å². The van der Waals surface area contributed by atoms with E-state index in [2.05, 4.69) is 31.7 Å². The highest BCUT2D eigenvalue weighted by atomic mass is 79.9. The molecular weight excluding hydrogens is 374 g/mol. The number of nitrogens with one attached hydrogen (secondary N) is 2. The topological polar surface area (TPSA) is 124 Å². The van der Waals surface area contributed by atoms with Gasteiger partial charge in [-0.15, -0.1) is 0 Å². The van der Waals surface area contributed by atoms with Gasteiger partial charge in [0.25, 0.3) is 11.8 Å². The summed E-state index contributed by atoms with van der Waals surface area (Å²) >= 11 is 3.06. The molecule has 10 heteroatoms. The number of aryl methyl sites for hydroxylation is 1. The molecule has 0 aliphatic heterocycles. The van der Waals surface area contributed by atoms with Crippen LogP contribution in [0.1, 0.15) is 16.3 Å². The number of hydrogen-bond acceptors (Lipinski definition) is 7. The van der Waals surface area contributed by atoms with Crippen LogP contribution >= 0.6 is 15.9 Å². The van der Waals surface area contributed by atoms with Crippen LogP contribution < -0.4 is 10.6 Å². The number of anilines is 1. The van der Waals surface area contributed by atoms with E-state index in [1.165, 1.54) is 12.1 Å². The number of ether oxygens (including phenoxy) is 1. The molecule has 0 unspecified atom stereocenters. The maximum absolute atomic E-state index is 11.6. The van der Waals surface area contributed by atoms with Crippen molar-refractivity contribution in [2.45, 2.75) is 6.92 Å². The zero-order valence-corrected chi connectivity index (χ0v) is 13.5. The first-order valence-corrected chi connectivity index (χ1v) is 7.15. The van der Waals surface area contributed by atoms with Crippen molar-refractivity contribution in [1.29, 1.82) is 0 Å². The lowest BCUT2D eigenvalue weighted by Crippen LogP contribution is -2.32. The van der Waals surface area contributed by atoms with Gasteiger partial charge in [0.05, 0.1) is 0 Å². The molecule has 0 bridgehead atoms. The molecule has 2 rings (SSSR count). The highest BCUT2D eigenvalue weighted by Gasteiger charge is 2.14. The number of rotatable bonds is 6. The standard InChI is InChI=1S/C13H12BrN3O6/c1-7-4-10(17-23-7)16-11(18)6-21-12(19)5-15-13(20)8-2-3-9(14)22-8/h2-4H,5-6H2,1H3,(H,15,20)(H,16,17,18). The van der Waals surface area contributed by atoms with Crippen molar-refractivity contribution < 1.29 is 28.1 Å². The molecule has 2 amide bonds. The number of halogens is 1. The van der Waals surface area contributed by atoms with E-state index in [0.717, 1.165) is 0 Å². The Kier molecular flexibility index (Phi) is 5.52. The molecule has 0 aliphatic carbocycles. The molecule has 9 nitrogen and oxygen atoms in total. The molecule has 0 radical (unpaired) electrons. The fourth-order valence-corrected chi connectivity index (χ4v) is 1.78. The van der Waals surface area contributed by atoms with Gasteiger partial charge in [-0.25, -0.2) is 0 Å². The number of hydrogen-bond donors (Lipinski definition) is 2. The van der Waals surface area contributed by atoms with Gasteiger partial charge in [-0.3, -0.25) is 14.4 Å². The molecular formula is C13H12BrN3O6. The van der Waals surface area contributed by atoms with Crippen molar-refractivity contribution >= 4 is 39.5 Å². The van der Waals surface area contributed by atoms with Gasteiger partial charge in [0.15, 0.2) is 22.9 Å². The summed E-state index contributed by atoms with van der Waals surface area (Å²) in [5, 5.41) is 8.24. The number of aromatic nitrogens is 1. The molecule has 0 aliphatic rings. The second-order valence-electron chi connectivity index (χ2n) is 4.32. The summed E-state index contributed by atoms with van der Waals surface area (Å²) in [4.78, 5) is 34.6. The zero-order valence-electron chi connectivity index (χ0n) is 11.9. The second-order valence-corrected chi connectivity index (χ2v) is 5.10. The highest BCUT2D eigenvalue weighted by Crippen LogP contribution is 2.13. The van der Waals surface area contributed by atoms with E-state index in [1.807, 2.05) is 0 Å². The molecule has 0 aromatic carbocycles. The normalized spacial score (nSPS) is 10.2. The van der Waals surface area contributed by atoms with Crippen molar-refractivity contribution in [2.24, 2.45) is 0 Å². The first kappa shape index (κ1) is 16.7. The first-order chi connectivity index (χ1) is 10.9. The molecule has 122 valence electrons. The lowest BCUT2D eigenvalue weighted by Gasteiger charge is -2.05. The van der Waals surface area contributed by atoms with E-state index in [-0.39, 0.29) is 11.6 Å². The molecule has 0 saturated heterocycles. The van der Waals surface area contributed by atoms with E-state index < -0.39 is 30.9 Å². The molecule has 0 saturated carbocycles. The minimum Gasteiger partial charge on any atom is -0.454 e. The second kappa shape index (κ2) is 7.58. The number of carbonyl (C=O) groups excluding carboxylic acids is 3. The summed E-state index contributed by atoms with van der Waals surface area (Å²) in [5.41, 5.74) is 0. The minimum absolute atomic E-state index is 0.0452. The molecule has 2 N–H and O–H groups in total. The Labute approximate surface area is 138 Å². The smallest absolute Gasteiger partial charge is 0.325 e. The fourth-order valence-electron chi connectivity index (χ4n) is 1.48. The Morgan fingerprint density at radius 2 is 2.13 bits per heavy atom. The van der Waals surface area contributed by atoms with E-state index in [4.69, 9.17) is 13.7 Å². The lowest BCUT2D eigenvalue weighted by molar-refractivity contribution is -0.146. The summed E-state index contributed by atoms with van der Waals surface area (Å²) < 4.78 is 14.9. The molecule has 0 fully saturated rings.